The molecule has 0 aromatic heterocycles. The molecule has 0 bridgehead atoms. The molecule has 0 spiro atoms. The molecule has 0 aliphatic carbocycles. The summed E-state index contributed by atoms with van der Waals surface area (Å²) < 4.78 is 0. The molecule has 0 aromatic rings. The van der Waals surface area contributed by atoms with Gasteiger partial charge in [0.2, 0.25) is 0 Å². The van der Waals surface area contributed by atoms with Crippen molar-refractivity contribution in [2.24, 2.45) is 0 Å². The van der Waals surface area contributed by atoms with Crippen LogP contribution in [0.15, 0.2) is 0 Å². The van der Waals surface area contributed by atoms with E-state index in [1.54, 1.807) is 5.37 Å². The highest BCUT2D eigenvalue weighted by atomic mass is 32.1. The van der Waals surface area contributed by atoms with Crippen molar-refractivity contribution in [1.29, 1.82) is 0 Å². The van der Waals surface area contributed by atoms with E-state index in [0.717, 1.165) is 12.2 Å². The fraction of sp³-hybridized carbons (Fsp3) is 0.833. The number of rotatable bonds is 5. The molecule has 0 radical (unpaired) electrons. The van der Waals surface area contributed by atoms with Gasteiger partial charge in [-0.3, -0.25) is 0 Å². The molecule has 0 unspecified atom stereocenters. The van der Waals surface area contributed by atoms with E-state index in [2.05, 4.69) is 24.8 Å². The minimum absolute atomic E-state index is 1.01. The van der Waals surface area contributed by atoms with Gasteiger partial charge < -0.3 is 0 Å². The zero-order valence-corrected chi connectivity index (χ0v) is 6.68. The van der Waals surface area contributed by atoms with Crippen molar-refractivity contribution in [1.82, 2.24) is 0 Å². The highest BCUT2D eigenvalue weighted by Crippen LogP contribution is 1.98. The van der Waals surface area contributed by atoms with Gasteiger partial charge in [0, 0.05) is 0 Å². The fourth-order valence-electron chi connectivity index (χ4n) is 0.516. The fourth-order valence-corrected chi connectivity index (χ4v) is 0.907. The van der Waals surface area contributed by atoms with Crippen molar-refractivity contribution in [3.8, 4) is 0 Å². The van der Waals surface area contributed by atoms with Crippen LogP contribution in [0, 0.1) is 0 Å². The minimum Gasteiger partial charge on any atom is -0.179 e. The third kappa shape index (κ3) is 6.44. The summed E-state index contributed by atoms with van der Waals surface area (Å²) in [4.78, 5) is 0. The van der Waals surface area contributed by atoms with Crippen LogP contribution < -0.4 is 0 Å². The molecule has 0 aliphatic rings. The summed E-state index contributed by atoms with van der Waals surface area (Å²) in [6.07, 6.45) is 4.83. The maximum absolute atomic E-state index is 4.66. The number of hydrogen-bond acceptors (Lipinski definition) is 2. The second-order valence-electron chi connectivity index (χ2n) is 1.74. The second-order valence-corrected chi connectivity index (χ2v) is 2.52. The molecule has 0 heterocycles. The lowest BCUT2D eigenvalue weighted by Crippen LogP contribution is -1.77. The molecule has 0 saturated heterocycles. The Morgan fingerprint density at radius 3 is 2.50 bits per heavy atom. The van der Waals surface area contributed by atoms with E-state index in [4.69, 9.17) is 0 Å². The molecule has 0 aliphatic heterocycles. The maximum atomic E-state index is 4.66. The van der Waals surface area contributed by atoms with Crippen LogP contribution in [0.25, 0.3) is 0 Å². The average Bonchev–Trinajstić information content (AvgIpc) is 1.81. The van der Waals surface area contributed by atoms with Crippen LogP contribution in [0.4, 0.5) is 0 Å². The first kappa shape index (κ1) is 8.44. The Morgan fingerprint density at radius 1 is 1.25 bits per heavy atom. The van der Waals surface area contributed by atoms with Crippen LogP contribution in [0.1, 0.15) is 25.7 Å². The zero-order chi connectivity index (χ0) is 6.24. The number of thiol groups is 1. The van der Waals surface area contributed by atoms with Crippen LogP contribution in [0.3, 0.4) is 0 Å². The Hall–Kier alpha value is 0.440. The van der Waals surface area contributed by atoms with Crippen LogP contribution in [-0.4, -0.2) is 11.1 Å². The van der Waals surface area contributed by atoms with Crippen molar-refractivity contribution < 1.29 is 0 Å². The summed E-state index contributed by atoms with van der Waals surface area (Å²) in [5.74, 6) is 1.01. The van der Waals surface area contributed by atoms with Gasteiger partial charge in [-0.1, -0.05) is 18.6 Å². The second kappa shape index (κ2) is 7.44. The quantitative estimate of drug-likeness (QED) is 0.355. The van der Waals surface area contributed by atoms with E-state index in [1.807, 2.05) is 0 Å². The molecule has 0 atom stereocenters. The summed E-state index contributed by atoms with van der Waals surface area (Å²) in [5.41, 5.74) is 0. The Kier molecular flexibility index (Phi) is 7.85. The third-order valence-corrected chi connectivity index (χ3v) is 1.53. The third-order valence-electron chi connectivity index (χ3n) is 0.980. The van der Waals surface area contributed by atoms with Crippen molar-refractivity contribution in [3.63, 3.8) is 0 Å². The van der Waals surface area contributed by atoms with Gasteiger partial charge in [0.15, 0.2) is 0 Å². The van der Waals surface area contributed by atoms with Gasteiger partial charge in [0.05, 0.1) is 0 Å². The Balaban J connectivity index is 2.62. The summed E-state index contributed by atoms with van der Waals surface area (Å²) >= 11 is 8.74. The Bertz CT molecular complexity index is 52.5. The molecule has 0 fully saturated rings. The molecule has 0 saturated carbocycles. The molecule has 0 amide bonds. The average molecular weight is 148 g/mol. The summed E-state index contributed by atoms with van der Waals surface area (Å²) in [6.45, 7) is 0. The van der Waals surface area contributed by atoms with Crippen LogP contribution in [0.5, 0.6) is 0 Å². The lowest BCUT2D eigenvalue weighted by Gasteiger charge is -1.90. The molecule has 0 rings (SSSR count). The largest absolute Gasteiger partial charge is 0.179 e. The van der Waals surface area contributed by atoms with E-state index in [0.29, 0.717) is 0 Å². The summed E-state index contributed by atoms with van der Waals surface area (Å²) in [6, 6.07) is 0. The van der Waals surface area contributed by atoms with Gasteiger partial charge in [-0.25, -0.2) is 0 Å². The predicted octanol–water partition coefficient (Wildman–Crippen LogP) is 2.48. The predicted molar refractivity (Wildman–Crippen MR) is 46.0 cm³/mol. The maximum Gasteiger partial charge on any atom is -0.00979 e. The van der Waals surface area contributed by atoms with Gasteiger partial charge in [0.25, 0.3) is 0 Å². The van der Waals surface area contributed by atoms with Gasteiger partial charge in [-0.15, -0.1) is 0 Å². The van der Waals surface area contributed by atoms with Crippen molar-refractivity contribution in [3.05, 3.63) is 0 Å². The van der Waals surface area contributed by atoms with Crippen LogP contribution in [0.2, 0.25) is 0 Å². The van der Waals surface area contributed by atoms with E-state index >= 15 is 0 Å². The molecule has 0 N–H and O–H groups in total. The summed E-state index contributed by atoms with van der Waals surface area (Å²) in [5, 5.41) is 1.80. The molecule has 8 heavy (non-hydrogen) atoms. The highest BCUT2D eigenvalue weighted by molar-refractivity contribution is 7.80. The summed E-state index contributed by atoms with van der Waals surface area (Å²) in [7, 11) is 0. The molecule has 0 aromatic carbocycles. The van der Waals surface area contributed by atoms with Gasteiger partial charge in [-0.2, -0.15) is 12.6 Å². The van der Waals surface area contributed by atoms with E-state index in [9.17, 15) is 0 Å². The molecule has 48 valence electrons. The first-order valence-electron chi connectivity index (χ1n) is 2.96. The Labute approximate surface area is 62.1 Å². The molecular weight excluding hydrogens is 136 g/mol. The SMILES string of the molecule is S=CCCCCCS. The van der Waals surface area contributed by atoms with Crippen molar-refractivity contribution >= 4 is 30.2 Å². The molecular formula is C6H12S2. The van der Waals surface area contributed by atoms with Crippen LogP contribution in [-0.2, 0) is 0 Å². The molecule has 0 nitrogen and oxygen atoms in total. The highest BCUT2D eigenvalue weighted by Gasteiger charge is 1.82. The van der Waals surface area contributed by atoms with Gasteiger partial charge >= 0.3 is 0 Å². The van der Waals surface area contributed by atoms with E-state index < -0.39 is 0 Å². The first-order chi connectivity index (χ1) is 3.91. The lowest BCUT2D eigenvalue weighted by molar-refractivity contribution is 0.755. The van der Waals surface area contributed by atoms with E-state index in [-0.39, 0.29) is 0 Å². The standard InChI is InChI=1S/C6H12S2/c7-5-3-1-2-4-6-8/h5,8H,1-4,6H2. The Morgan fingerprint density at radius 2 is 2.00 bits per heavy atom. The number of unbranched alkanes of at least 4 members (excludes halogenated alkanes) is 3. The van der Waals surface area contributed by atoms with Crippen molar-refractivity contribution in [2.75, 3.05) is 5.75 Å². The van der Waals surface area contributed by atoms with E-state index in [1.165, 1.54) is 19.3 Å². The smallest absolute Gasteiger partial charge is 0.00979 e. The first-order valence-corrected chi connectivity index (χ1v) is 4.06. The number of hydrogen-bond donors (Lipinski definition) is 1. The lowest BCUT2D eigenvalue weighted by atomic mass is 10.2. The zero-order valence-electron chi connectivity index (χ0n) is 4.97. The number of thiocarbonyl (C=S) groups is 1. The normalized spacial score (nSPS) is 9.12. The van der Waals surface area contributed by atoms with Gasteiger partial charge in [-0.05, 0) is 30.4 Å². The molecule has 2 heteroatoms. The monoisotopic (exact) mass is 148 g/mol. The van der Waals surface area contributed by atoms with Gasteiger partial charge in [0.1, 0.15) is 0 Å². The topological polar surface area (TPSA) is 0 Å². The van der Waals surface area contributed by atoms with Crippen molar-refractivity contribution in [2.45, 2.75) is 25.7 Å². The minimum atomic E-state index is 1.01. The van der Waals surface area contributed by atoms with Crippen LogP contribution >= 0.6 is 24.8 Å².